The van der Waals surface area contributed by atoms with Crippen LogP contribution in [0.1, 0.15) is 5.89 Å². The van der Waals surface area contributed by atoms with Crippen LogP contribution in [0.5, 0.6) is 0 Å². The normalized spacial score (nSPS) is 11.6. The van der Waals surface area contributed by atoms with Gasteiger partial charge in [0.15, 0.2) is 5.89 Å². The summed E-state index contributed by atoms with van der Waals surface area (Å²) in [6.45, 7) is 1.81. The minimum absolute atomic E-state index is 0.138. The van der Waals surface area contributed by atoms with Crippen LogP contribution < -0.4 is 5.56 Å². The Morgan fingerprint density at radius 2 is 1.86 bits per heavy atom. The summed E-state index contributed by atoms with van der Waals surface area (Å²) in [5.41, 5.74) is 4.41. The molecule has 0 saturated heterocycles. The number of benzene rings is 2. The molecule has 0 aliphatic rings. The maximum atomic E-state index is 13.0. The Labute approximate surface area is 175 Å². The van der Waals surface area contributed by atoms with Gasteiger partial charge in [0, 0.05) is 52.0 Å². The zero-order chi connectivity index (χ0) is 20.3. The molecule has 0 radical (unpaired) electrons. The number of hydrogen-bond acceptors (Lipinski definition) is 3. The topological polar surface area (TPSA) is 63.8 Å². The van der Waals surface area contributed by atoms with Gasteiger partial charge in [0.25, 0.3) is 5.56 Å². The zero-order valence-corrected chi connectivity index (χ0v) is 17.1. The Balaban J connectivity index is 1.81. The number of nitrogens with zero attached hydrogens (tertiary/aromatic N) is 2. The lowest BCUT2D eigenvalue weighted by molar-refractivity contribution is 0.521. The highest BCUT2D eigenvalue weighted by molar-refractivity contribution is 6.36. The Kier molecular flexibility index (Phi) is 4.05. The van der Waals surface area contributed by atoms with Crippen LogP contribution in [0, 0.1) is 6.92 Å². The van der Waals surface area contributed by atoms with Crippen molar-refractivity contribution in [3.8, 4) is 22.4 Å². The molecule has 5 rings (SSSR count). The van der Waals surface area contributed by atoms with Crippen LogP contribution in [-0.2, 0) is 7.05 Å². The summed E-state index contributed by atoms with van der Waals surface area (Å²) in [6.07, 6.45) is 1.64. The maximum absolute atomic E-state index is 13.0. The van der Waals surface area contributed by atoms with E-state index in [0.717, 1.165) is 33.2 Å². The van der Waals surface area contributed by atoms with Crippen molar-refractivity contribution < 1.29 is 4.42 Å². The maximum Gasteiger partial charge on any atom is 0.259 e. The number of aromatic amines is 1. The predicted molar refractivity (Wildman–Crippen MR) is 117 cm³/mol. The standard InChI is InChI=1S/C22H15Cl2N3O2/c1-11-25-20(10-29-11)12-3-6-19-15(7-12)16-9-17(22(28)27(2)21(16)26-19)14-5-4-13(23)8-18(14)24/h3-10,26H,1-2H3. The molecule has 0 unspecified atom stereocenters. The molecule has 0 fully saturated rings. The zero-order valence-electron chi connectivity index (χ0n) is 15.6. The van der Waals surface area contributed by atoms with E-state index in [0.29, 0.717) is 27.1 Å². The van der Waals surface area contributed by atoms with Gasteiger partial charge < -0.3 is 9.40 Å². The van der Waals surface area contributed by atoms with E-state index in [2.05, 4.69) is 9.97 Å². The third kappa shape index (κ3) is 2.85. The van der Waals surface area contributed by atoms with E-state index in [1.807, 2.05) is 31.2 Å². The van der Waals surface area contributed by atoms with Gasteiger partial charge in [-0.3, -0.25) is 9.36 Å². The van der Waals surface area contributed by atoms with Gasteiger partial charge in [0.1, 0.15) is 17.6 Å². The fourth-order valence-corrected chi connectivity index (χ4v) is 4.16. The SMILES string of the molecule is Cc1nc(-c2ccc3[nH]c4c(cc(-c5ccc(Cl)cc5Cl)c(=O)n4C)c3c2)co1. The van der Waals surface area contributed by atoms with Gasteiger partial charge in [-0.15, -0.1) is 0 Å². The van der Waals surface area contributed by atoms with Crippen LogP contribution in [0.3, 0.4) is 0 Å². The monoisotopic (exact) mass is 423 g/mol. The quantitative estimate of drug-likeness (QED) is 0.381. The summed E-state index contributed by atoms with van der Waals surface area (Å²) in [6, 6.07) is 13.0. The summed E-state index contributed by atoms with van der Waals surface area (Å²) in [5, 5.41) is 2.87. The van der Waals surface area contributed by atoms with Gasteiger partial charge in [-0.1, -0.05) is 35.3 Å². The first-order valence-corrected chi connectivity index (χ1v) is 9.71. The minimum atomic E-state index is -0.138. The number of halogens is 2. The minimum Gasteiger partial charge on any atom is -0.449 e. The van der Waals surface area contributed by atoms with Crippen molar-refractivity contribution in [3.05, 3.63) is 75.0 Å². The van der Waals surface area contributed by atoms with Crippen molar-refractivity contribution in [1.29, 1.82) is 0 Å². The lowest BCUT2D eigenvalue weighted by Gasteiger charge is -2.08. The van der Waals surface area contributed by atoms with E-state index in [1.165, 1.54) is 0 Å². The van der Waals surface area contributed by atoms with Gasteiger partial charge in [0.2, 0.25) is 0 Å². The third-order valence-corrected chi connectivity index (χ3v) is 5.66. The third-order valence-electron chi connectivity index (χ3n) is 5.11. The first kappa shape index (κ1) is 18.0. The Morgan fingerprint density at radius 1 is 1.03 bits per heavy atom. The number of fused-ring (bicyclic) bond motifs is 3. The number of aryl methyl sites for hydroxylation is 2. The van der Waals surface area contributed by atoms with E-state index in [9.17, 15) is 4.79 Å². The van der Waals surface area contributed by atoms with Gasteiger partial charge in [-0.25, -0.2) is 4.98 Å². The molecule has 0 saturated carbocycles. The molecule has 0 spiro atoms. The molecule has 144 valence electrons. The second-order valence-corrected chi connectivity index (χ2v) is 7.79. The van der Waals surface area contributed by atoms with Gasteiger partial charge >= 0.3 is 0 Å². The molecule has 2 aromatic carbocycles. The number of aromatic nitrogens is 3. The highest BCUT2D eigenvalue weighted by atomic mass is 35.5. The molecule has 29 heavy (non-hydrogen) atoms. The Morgan fingerprint density at radius 3 is 2.59 bits per heavy atom. The summed E-state index contributed by atoms with van der Waals surface area (Å²) in [7, 11) is 1.75. The molecule has 5 nitrogen and oxygen atoms in total. The number of pyridine rings is 1. The first-order chi connectivity index (χ1) is 13.9. The number of oxazole rings is 1. The number of rotatable bonds is 2. The summed E-state index contributed by atoms with van der Waals surface area (Å²) >= 11 is 12.4. The van der Waals surface area contributed by atoms with Crippen LogP contribution in [-0.4, -0.2) is 14.5 Å². The lowest BCUT2D eigenvalue weighted by Crippen LogP contribution is -2.19. The summed E-state index contributed by atoms with van der Waals surface area (Å²) < 4.78 is 6.95. The molecular formula is C22H15Cl2N3O2. The number of H-pyrrole nitrogens is 1. The molecule has 0 atom stereocenters. The molecule has 3 aromatic heterocycles. The smallest absolute Gasteiger partial charge is 0.259 e. The number of nitrogens with one attached hydrogen (secondary N) is 1. The van der Waals surface area contributed by atoms with E-state index >= 15 is 0 Å². The van der Waals surface area contributed by atoms with E-state index in [4.69, 9.17) is 27.6 Å². The highest BCUT2D eigenvalue weighted by Crippen LogP contribution is 2.33. The molecule has 5 aromatic rings. The molecule has 0 aliphatic carbocycles. The van der Waals surface area contributed by atoms with Gasteiger partial charge in [-0.2, -0.15) is 0 Å². The molecule has 1 N–H and O–H groups in total. The molecule has 0 bridgehead atoms. The highest BCUT2D eigenvalue weighted by Gasteiger charge is 2.16. The number of hydrogen-bond donors (Lipinski definition) is 1. The fourth-order valence-electron chi connectivity index (χ4n) is 3.65. The van der Waals surface area contributed by atoms with Crippen molar-refractivity contribution in [2.75, 3.05) is 0 Å². The second-order valence-electron chi connectivity index (χ2n) is 6.95. The van der Waals surface area contributed by atoms with Crippen molar-refractivity contribution >= 4 is 45.1 Å². The first-order valence-electron chi connectivity index (χ1n) is 8.96. The van der Waals surface area contributed by atoms with Gasteiger partial charge in [-0.05, 0) is 30.3 Å². The van der Waals surface area contributed by atoms with Crippen LogP contribution in [0.2, 0.25) is 10.0 Å². The van der Waals surface area contributed by atoms with E-state index in [1.54, 1.807) is 36.1 Å². The van der Waals surface area contributed by atoms with E-state index < -0.39 is 0 Å². The molecule has 0 aliphatic heterocycles. The Hall–Kier alpha value is -3.02. The van der Waals surface area contributed by atoms with Crippen molar-refractivity contribution in [2.24, 2.45) is 7.05 Å². The lowest BCUT2D eigenvalue weighted by atomic mass is 10.0. The van der Waals surface area contributed by atoms with Crippen LogP contribution in [0.25, 0.3) is 44.3 Å². The molecule has 0 amide bonds. The second kappa shape index (κ2) is 6.51. The molecule has 7 heteroatoms. The van der Waals surface area contributed by atoms with Crippen molar-refractivity contribution in [2.45, 2.75) is 6.92 Å². The Bertz CT molecular complexity index is 1480. The summed E-state index contributed by atoms with van der Waals surface area (Å²) in [4.78, 5) is 20.8. The van der Waals surface area contributed by atoms with E-state index in [-0.39, 0.29) is 5.56 Å². The summed E-state index contributed by atoms with van der Waals surface area (Å²) in [5.74, 6) is 0.612. The largest absolute Gasteiger partial charge is 0.449 e. The van der Waals surface area contributed by atoms with Crippen molar-refractivity contribution in [1.82, 2.24) is 14.5 Å². The van der Waals surface area contributed by atoms with Crippen LogP contribution >= 0.6 is 23.2 Å². The average Bonchev–Trinajstić information content (AvgIpc) is 3.28. The van der Waals surface area contributed by atoms with Crippen LogP contribution in [0.15, 0.2) is 57.9 Å². The van der Waals surface area contributed by atoms with Gasteiger partial charge in [0.05, 0.1) is 5.02 Å². The predicted octanol–water partition coefficient (Wildman–Crippen LogP) is 5.96. The molecule has 3 heterocycles. The molecular weight excluding hydrogens is 409 g/mol. The fraction of sp³-hybridized carbons (Fsp3) is 0.0909. The van der Waals surface area contributed by atoms with Crippen LogP contribution in [0.4, 0.5) is 0 Å². The average molecular weight is 424 g/mol. The van der Waals surface area contributed by atoms with Crippen molar-refractivity contribution in [3.63, 3.8) is 0 Å².